The van der Waals surface area contributed by atoms with Gasteiger partial charge in [-0.1, -0.05) is 23.9 Å². The number of hydrogen-bond acceptors (Lipinski definition) is 6. The number of fused-ring (bicyclic) bond motifs is 2. The van der Waals surface area contributed by atoms with Gasteiger partial charge in [0.2, 0.25) is 5.91 Å². The summed E-state index contributed by atoms with van der Waals surface area (Å²) in [5.74, 6) is -0.252. The molecule has 0 unspecified atom stereocenters. The summed E-state index contributed by atoms with van der Waals surface area (Å²) >= 11 is 1.45. The molecule has 0 saturated carbocycles. The maximum atomic E-state index is 13.3. The second-order valence-corrected chi connectivity index (χ2v) is 7.98. The van der Waals surface area contributed by atoms with E-state index in [1.165, 1.54) is 11.8 Å². The van der Waals surface area contributed by atoms with E-state index in [0.29, 0.717) is 30.8 Å². The second-order valence-electron chi connectivity index (χ2n) is 6.95. The van der Waals surface area contributed by atoms with Gasteiger partial charge < -0.3 is 4.90 Å². The van der Waals surface area contributed by atoms with Crippen molar-refractivity contribution in [3.8, 4) is 6.07 Å². The van der Waals surface area contributed by atoms with Crippen LogP contribution in [-0.2, 0) is 4.79 Å². The summed E-state index contributed by atoms with van der Waals surface area (Å²) in [6.45, 7) is 3.44. The second kappa shape index (κ2) is 8.64. The number of amides is 2. The molecular weight excluding hydrogens is 386 g/mol. The van der Waals surface area contributed by atoms with Crippen LogP contribution in [0.3, 0.4) is 0 Å². The zero-order valence-corrected chi connectivity index (χ0v) is 16.8. The van der Waals surface area contributed by atoms with Gasteiger partial charge in [0.05, 0.1) is 17.3 Å². The lowest BCUT2D eigenvalue weighted by molar-refractivity contribution is -0.131. The van der Waals surface area contributed by atoms with Crippen molar-refractivity contribution in [3.63, 3.8) is 0 Å². The van der Waals surface area contributed by atoms with Crippen LogP contribution in [0.1, 0.15) is 16.8 Å². The number of pyridine rings is 1. The molecule has 4 rings (SSSR count). The Balaban J connectivity index is 1.53. The highest BCUT2D eigenvalue weighted by Gasteiger charge is 2.31. The first-order chi connectivity index (χ1) is 14.2. The quantitative estimate of drug-likeness (QED) is 0.773. The monoisotopic (exact) mass is 407 g/mol. The predicted octanol–water partition coefficient (Wildman–Crippen LogP) is 2.25. The lowest BCUT2D eigenvalue weighted by Gasteiger charge is -2.35. The van der Waals surface area contributed by atoms with Crippen molar-refractivity contribution in [2.24, 2.45) is 0 Å². The van der Waals surface area contributed by atoms with Crippen molar-refractivity contribution in [3.05, 3.63) is 48.2 Å². The number of nitriles is 1. The van der Waals surface area contributed by atoms with Gasteiger partial charge in [-0.15, -0.1) is 0 Å². The first-order valence-electron chi connectivity index (χ1n) is 9.58. The molecule has 0 bridgehead atoms. The van der Waals surface area contributed by atoms with Gasteiger partial charge in [0.15, 0.2) is 0 Å². The molecule has 2 aliphatic heterocycles. The lowest BCUT2D eigenvalue weighted by Crippen LogP contribution is -2.52. The van der Waals surface area contributed by atoms with Crippen molar-refractivity contribution in [2.75, 3.05) is 44.2 Å². The molecule has 2 amide bonds. The minimum Gasteiger partial charge on any atom is -0.339 e. The Morgan fingerprint density at radius 1 is 1.14 bits per heavy atom. The number of carbonyl (C=O) groups is 2. The van der Waals surface area contributed by atoms with Crippen LogP contribution in [0.4, 0.5) is 5.69 Å². The Morgan fingerprint density at radius 3 is 2.72 bits per heavy atom. The average molecular weight is 407 g/mol. The Hall–Kier alpha value is -2.89. The van der Waals surface area contributed by atoms with Gasteiger partial charge >= 0.3 is 0 Å². The number of carbonyl (C=O) groups excluding carboxylic acids is 2. The van der Waals surface area contributed by atoms with Crippen molar-refractivity contribution in [2.45, 2.75) is 16.3 Å². The van der Waals surface area contributed by atoms with E-state index in [1.54, 1.807) is 28.1 Å². The molecule has 0 aliphatic carbocycles. The Kier molecular flexibility index (Phi) is 5.79. The minimum absolute atomic E-state index is 0.00931. The third-order valence-electron chi connectivity index (χ3n) is 5.17. The van der Waals surface area contributed by atoms with E-state index < -0.39 is 0 Å². The Labute approximate surface area is 173 Å². The molecule has 2 aliphatic rings. The molecule has 29 heavy (non-hydrogen) atoms. The molecule has 8 heteroatoms. The predicted molar refractivity (Wildman–Crippen MR) is 110 cm³/mol. The van der Waals surface area contributed by atoms with Gasteiger partial charge in [0.1, 0.15) is 11.6 Å². The van der Waals surface area contributed by atoms with Crippen LogP contribution in [0, 0.1) is 11.3 Å². The molecule has 2 aromatic rings. The maximum absolute atomic E-state index is 13.3. The fourth-order valence-electron chi connectivity index (χ4n) is 3.58. The molecule has 0 N–H and O–H groups in total. The first kappa shape index (κ1) is 19.4. The summed E-state index contributed by atoms with van der Waals surface area (Å²) in [6.07, 6.45) is 2.20. The SMILES string of the molecule is N#CCCN1CCN(C(=O)CN2C(=O)c3ccccc3Sc3ncccc32)CC1. The fraction of sp³-hybridized carbons (Fsp3) is 0.333. The zero-order chi connectivity index (χ0) is 20.2. The molecule has 0 atom stereocenters. The smallest absolute Gasteiger partial charge is 0.259 e. The maximum Gasteiger partial charge on any atom is 0.259 e. The van der Waals surface area contributed by atoms with E-state index in [0.717, 1.165) is 29.6 Å². The molecule has 0 spiro atoms. The van der Waals surface area contributed by atoms with E-state index in [-0.39, 0.29) is 18.4 Å². The third kappa shape index (κ3) is 4.11. The molecular formula is C21H21N5O2S. The summed E-state index contributed by atoms with van der Waals surface area (Å²) in [7, 11) is 0. The normalized spacial score (nSPS) is 16.6. The number of piperazine rings is 1. The van der Waals surface area contributed by atoms with E-state index in [1.807, 2.05) is 24.3 Å². The standard InChI is InChI=1S/C21H21N5O2S/c22-8-4-10-24-11-13-25(14-12-24)19(27)15-26-17-6-3-9-23-20(17)29-18-7-2-1-5-16(18)21(26)28/h1-3,5-7,9H,4,10-15H2. The molecule has 0 radical (unpaired) electrons. The number of nitrogens with zero attached hydrogens (tertiary/aromatic N) is 5. The highest BCUT2D eigenvalue weighted by Crippen LogP contribution is 2.39. The molecule has 1 fully saturated rings. The number of benzene rings is 1. The molecule has 3 heterocycles. The molecule has 1 aromatic heterocycles. The van der Waals surface area contributed by atoms with Gasteiger partial charge in [0, 0.05) is 50.2 Å². The number of aromatic nitrogens is 1. The first-order valence-corrected chi connectivity index (χ1v) is 10.4. The minimum atomic E-state index is -0.180. The lowest BCUT2D eigenvalue weighted by atomic mass is 10.2. The average Bonchev–Trinajstić information content (AvgIpc) is 2.87. The van der Waals surface area contributed by atoms with Crippen molar-refractivity contribution in [1.82, 2.24) is 14.8 Å². The van der Waals surface area contributed by atoms with Gasteiger partial charge in [-0.3, -0.25) is 19.4 Å². The van der Waals surface area contributed by atoms with Gasteiger partial charge in [-0.25, -0.2) is 4.98 Å². The van der Waals surface area contributed by atoms with Crippen LogP contribution in [0.15, 0.2) is 52.5 Å². The molecule has 148 valence electrons. The fourth-order valence-corrected chi connectivity index (χ4v) is 4.60. The largest absolute Gasteiger partial charge is 0.339 e. The highest BCUT2D eigenvalue weighted by atomic mass is 32.2. The number of rotatable bonds is 4. The van der Waals surface area contributed by atoms with Gasteiger partial charge in [0.25, 0.3) is 5.91 Å². The van der Waals surface area contributed by atoms with Crippen LogP contribution in [0.5, 0.6) is 0 Å². The highest BCUT2D eigenvalue weighted by molar-refractivity contribution is 7.99. The molecule has 1 aromatic carbocycles. The van der Waals surface area contributed by atoms with E-state index in [4.69, 9.17) is 5.26 Å². The summed E-state index contributed by atoms with van der Waals surface area (Å²) < 4.78 is 0. The molecule has 7 nitrogen and oxygen atoms in total. The van der Waals surface area contributed by atoms with Crippen LogP contribution >= 0.6 is 11.8 Å². The summed E-state index contributed by atoms with van der Waals surface area (Å²) in [4.78, 5) is 37.1. The zero-order valence-electron chi connectivity index (χ0n) is 16.0. The topological polar surface area (TPSA) is 80.5 Å². The summed E-state index contributed by atoms with van der Waals surface area (Å²) in [5, 5.41) is 9.45. The van der Waals surface area contributed by atoms with Crippen LogP contribution in [0.2, 0.25) is 0 Å². The molecule has 1 saturated heterocycles. The van der Waals surface area contributed by atoms with Crippen molar-refractivity contribution < 1.29 is 9.59 Å². The van der Waals surface area contributed by atoms with Crippen molar-refractivity contribution in [1.29, 1.82) is 5.26 Å². The summed E-state index contributed by atoms with van der Waals surface area (Å²) in [5.41, 5.74) is 1.25. The van der Waals surface area contributed by atoms with E-state index in [9.17, 15) is 9.59 Å². The van der Waals surface area contributed by atoms with E-state index >= 15 is 0 Å². The van der Waals surface area contributed by atoms with E-state index in [2.05, 4.69) is 16.0 Å². The van der Waals surface area contributed by atoms with Crippen LogP contribution in [0.25, 0.3) is 0 Å². The summed E-state index contributed by atoms with van der Waals surface area (Å²) in [6, 6.07) is 13.2. The number of hydrogen-bond donors (Lipinski definition) is 0. The Morgan fingerprint density at radius 2 is 1.93 bits per heavy atom. The Bertz CT molecular complexity index is 966. The van der Waals surface area contributed by atoms with Gasteiger partial charge in [-0.05, 0) is 24.3 Å². The van der Waals surface area contributed by atoms with Crippen LogP contribution in [-0.4, -0.2) is 65.9 Å². The van der Waals surface area contributed by atoms with Crippen LogP contribution < -0.4 is 4.90 Å². The third-order valence-corrected chi connectivity index (χ3v) is 6.25. The van der Waals surface area contributed by atoms with Gasteiger partial charge in [-0.2, -0.15) is 5.26 Å². The number of anilines is 1. The van der Waals surface area contributed by atoms with Crippen molar-refractivity contribution >= 4 is 29.3 Å².